The average molecular weight is 286 g/mol. The van der Waals surface area contributed by atoms with Gasteiger partial charge in [0, 0.05) is 31.1 Å². The molecule has 21 heavy (non-hydrogen) atoms. The van der Waals surface area contributed by atoms with Gasteiger partial charge in [-0.25, -0.2) is 4.68 Å². The molecule has 0 radical (unpaired) electrons. The summed E-state index contributed by atoms with van der Waals surface area (Å²) in [4.78, 5) is 14.6. The van der Waals surface area contributed by atoms with Gasteiger partial charge >= 0.3 is 0 Å². The maximum atomic E-state index is 12.5. The molecular formula is C16H22N4O. The fourth-order valence-corrected chi connectivity index (χ4v) is 3.47. The third-order valence-corrected chi connectivity index (χ3v) is 4.99. The van der Waals surface area contributed by atoms with E-state index in [-0.39, 0.29) is 5.92 Å². The molecule has 2 atom stereocenters. The van der Waals surface area contributed by atoms with Crippen molar-refractivity contribution >= 4 is 5.91 Å². The Bertz CT molecular complexity index is 560. The van der Waals surface area contributed by atoms with Crippen molar-refractivity contribution in [2.75, 3.05) is 13.1 Å². The summed E-state index contributed by atoms with van der Waals surface area (Å²) in [5, 5.41) is 8.57. The lowest BCUT2D eigenvalue weighted by atomic mass is 9.93. The summed E-state index contributed by atoms with van der Waals surface area (Å²) >= 11 is 0. The van der Waals surface area contributed by atoms with Gasteiger partial charge in [0.1, 0.15) is 0 Å². The van der Waals surface area contributed by atoms with Crippen LogP contribution in [0.15, 0.2) is 18.3 Å². The van der Waals surface area contributed by atoms with Crippen LogP contribution >= 0.6 is 0 Å². The van der Waals surface area contributed by atoms with E-state index in [1.54, 1.807) is 0 Å². The zero-order valence-corrected chi connectivity index (χ0v) is 12.3. The molecule has 0 N–H and O–H groups in total. The molecule has 1 amide bonds. The number of hydrogen-bond acceptors (Lipinski definition) is 3. The van der Waals surface area contributed by atoms with Gasteiger partial charge in [0.2, 0.25) is 5.91 Å². The minimum atomic E-state index is 0.200. The largest absolute Gasteiger partial charge is 0.340 e. The lowest BCUT2D eigenvalue weighted by Gasteiger charge is -2.24. The molecule has 5 heteroatoms. The standard InChI is InChI=1S/C16H22N4O/c21-16(13-4-2-1-3-5-13)19-9-8-14(10-19)20-11-15(17-18-20)12-6-7-12/h1-2,11-14H,3-10H2. The molecule has 1 aromatic heterocycles. The monoisotopic (exact) mass is 286 g/mol. The number of allylic oxidation sites excluding steroid dienone is 2. The zero-order valence-electron chi connectivity index (χ0n) is 12.3. The molecule has 0 aromatic carbocycles. The predicted molar refractivity (Wildman–Crippen MR) is 78.7 cm³/mol. The molecule has 2 unspecified atom stereocenters. The van der Waals surface area contributed by atoms with Gasteiger partial charge in [0.15, 0.2) is 0 Å². The highest BCUT2D eigenvalue weighted by molar-refractivity contribution is 5.79. The van der Waals surface area contributed by atoms with E-state index in [0.29, 0.717) is 17.9 Å². The zero-order chi connectivity index (χ0) is 14.2. The third kappa shape index (κ3) is 2.61. The van der Waals surface area contributed by atoms with E-state index in [2.05, 4.69) is 28.7 Å². The normalized spacial score (nSPS) is 29.0. The molecule has 4 rings (SSSR count). The summed E-state index contributed by atoms with van der Waals surface area (Å²) in [5.41, 5.74) is 1.14. The van der Waals surface area contributed by atoms with Crippen molar-refractivity contribution in [3.05, 3.63) is 24.0 Å². The summed E-state index contributed by atoms with van der Waals surface area (Å²) < 4.78 is 1.99. The highest BCUT2D eigenvalue weighted by atomic mass is 16.2. The van der Waals surface area contributed by atoms with Crippen LogP contribution in [0.1, 0.15) is 56.2 Å². The number of hydrogen-bond donors (Lipinski definition) is 0. The summed E-state index contributed by atoms with van der Waals surface area (Å²) in [6.45, 7) is 1.66. The van der Waals surface area contributed by atoms with Gasteiger partial charge in [-0.1, -0.05) is 17.4 Å². The van der Waals surface area contributed by atoms with Crippen LogP contribution in [0.2, 0.25) is 0 Å². The van der Waals surface area contributed by atoms with Crippen LogP contribution in [0.5, 0.6) is 0 Å². The minimum Gasteiger partial charge on any atom is -0.340 e. The van der Waals surface area contributed by atoms with Gasteiger partial charge in [-0.2, -0.15) is 0 Å². The number of aromatic nitrogens is 3. The number of amides is 1. The summed E-state index contributed by atoms with van der Waals surface area (Å²) in [6, 6.07) is 0.313. The number of nitrogens with zero attached hydrogens (tertiary/aromatic N) is 4. The van der Waals surface area contributed by atoms with Crippen molar-refractivity contribution in [3.63, 3.8) is 0 Å². The van der Waals surface area contributed by atoms with Crippen molar-refractivity contribution in [2.24, 2.45) is 5.92 Å². The molecule has 1 saturated heterocycles. The summed E-state index contributed by atoms with van der Waals surface area (Å²) in [7, 11) is 0. The SMILES string of the molecule is O=C(C1CC=CCC1)N1CCC(n2cc(C3CC3)nn2)C1. The molecule has 2 fully saturated rings. The van der Waals surface area contributed by atoms with E-state index < -0.39 is 0 Å². The van der Waals surface area contributed by atoms with Crippen LogP contribution in [0, 0.1) is 5.92 Å². The molecule has 2 heterocycles. The molecule has 1 aromatic rings. The number of carbonyl (C=O) groups is 1. The predicted octanol–water partition coefficient (Wildman–Crippen LogP) is 2.29. The maximum absolute atomic E-state index is 12.5. The molecule has 0 bridgehead atoms. The van der Waals surface area contributed by atoms with Gasteiger partial charge in [-0.15, -0.1) is 5.10 Å². The van der Waals surface area contributed by atoms with Crippen molar-refractivity contribution < 1.29 is 4.79 Å². The Morgan fingerprint density at radius 2 is 2.10 bits per heavy atom. The number of likely N-dealkylation sites (tertiary alicyclic amines) is 1. The van der Waals surface area contributed by atoms with E-state index >= 15 is 0 Å². The smallest absolute Gasteiger partial charge is 0.226 e. The quantitative estimate of drug-likeness (QED) is 0.801. The molecule has 1 aliphatic heterocycles. The maximum Gasteiger partial charge on any atom is 0.226 e. The molecule has 0 spiro atoms. The second-order valence-corrected chi connectivity index (χ2v) is 6.61. The van der Waals surface area contributed by atoms with Gasteiger partial charge in [0.05, 0.1) is 11.7 Å². The number of rotatable bonds is 3. The van der Waals surface area contributed by atoms with Crippen LogP contribution in [-0.4, -0.2) is 38.9 Å². The Balaban J connectivity index is 1.39. The Morgan fingerprint density at radius 1 is 1.19 bits per heavy atom. The van der Waals surface area contributed by atoms with Crippen molar-refractivity contribution in [1.29, 1.82) is 0 Å². The molecule has 3 aliphatic rings. The van der Waals surface area contributed by atoms with Crippen molar-refractivity contribution in [2.45, 2.75) is 50.5 Å². The van der Waals surface area contributed by atoms with E-state index in [0.717, 1.165) is 44.5 Å². The average Bonchev–Trinajstić information content (AvgIpc) is 3.07. The van der Waals surface area contributed by atoms with Crippen LogP contribution < -0.4 is 0 Å². The first-order valence-electron chi connectivity index (χ1n) is 8.17. The van der Waals surface area contributed by atoms with Crippen LogP contribution in [0.25, 0.3) is 0 Å². The lowest BCUT2D eigenvalue weighted by molar-refractivity contribution is -0.134. The number of carbonyl (C=O) groups excluding carboxylic acids is 1. The second-order valence-electron chi connectivity index (χ2n) is 6.61. The Kier molecular flexibility index (Phi) is 3.28. The van der Waals surface area contributed by atoms with Gasteiger partial charge in [0.25, 0.3) is 0 Å². The van der Waals surface area contributed by atoms with E-state index in [1.165, 1.54) is 12.8 Å². The molecule has 2 aliphatic carbocycles. The second kappa shape index (κ2) is 5.28. The lowest BCUT2D eigenvalue weighted by Crippen LogP contribution is -2.35. The van der Waals surface area contributed by atoms with E-state index in [9.17, 15) is 4.79 Å². The Morgan fingerprint density at radius 3 is 2.86 bits per heavy atom. The van der Waals surface area contributed by atoms with Gasteiger partial charge < -0.3 is 4.90 Å². The molecular weight excluding hydrogens is 264 g/mol. The van der Waals surface area contributed by atoms with Crippen LogP contribution in [0.3, 0.4) is 0 Å². The first-order valence-corrected chi connectivity index (χ1v) is 8.17. The van der Waals surface area contributed by atoms with E-state index in [1.807, 2.05) is 9.58 Å². The fraction of sp³-hybridized carbons (Fsp3) is 0.688. The summed E-state index contributed by atoms with van der Waals surface area (Å²) in [5.74, 6) is 1.18. The molecule has 112 valence electrons. The topological polar surface area (TPSA) is 51.0 Å². The molecule has 1 saturated carbocycles. The van der Waals surface area contributed by atoms with Crippen molar-refractivity contribution in [3.8, 4) is 0 Å². The van der Waals surface area contributed by atoms with Crippen LogP contribution in [0.4, 0.5) is 0 Å². The Hall–Kier alpha value is -1.65. The fourth-order valence-electron chi connectivity index (χ4n) is 3.47. The molecule has 5 nitrogen and oxygen atoms in total. The highest BCUT2D eigenvalue weighted by Crippen LogP contribution is 2.39. The van der Waals surface area contributed by atoms with Gasteiger partial charge in [-0.3, -0.25) is 4.79 Å². The Labute approximate surface area is 125 Å². The van der Waals surface area contributed by atoms with Crippen LogP contribution in [-0.2, 0) is 4.79 Å². The summed E-state index contributed by atoms with van der Waals surface area (Å²) in [6.07, 6.45) is 12.9. The third-order valence-electron chi connectivity index (χ3n) is 4.99. The van der Waals surface area contributed by atoms with Gasteiger partial charge in [-0.05, 0) is 38.5 Å². The first-order chi connectivity index (χ1) is 10.3. The highest BCUT2D eigenvalue weighted by Gasteiger charge is 2.33. The minimum absolute atomic E-state index is 0.200. The first kappa shape index (κ1) is 13.0. The van der Waals surface area contributed by atoms with Crippen molar-refractivity contribution in [1.82, 2.24) is 19.9 Å². The van der Waals surface area contributed by atoms with E-state index in [4.69, 9.17) is 0 Å².